The number of aryl methyl sites for hydroxylation is 1. The van der Waals surface area contributed by atoms with Gasteiger partial charge < -0.3 is 15.2 Å². The number of nitrogens with two attached hydrogens (primary N) is 1. The van der Waals surface area contributed by atoms with Crippen molar-refractivity contribution in [2.24, 2.45) is 0 Å². The minimum absolute atomic E-state index is 0.328. The highest BCUT2D eigenvalue weighted by Crippen LogP contribution is 2.13. The maximum Gasteiger partial charge on any atom is 0.338 e. The first-order valence-electron chi connectivity index (χ1n) is 6.88. The molecule has 0 aliphatic rings. The molecule has 0 fully saturated rings. The first kappa shape index (κ1) is 14.9. The van der Waals surface area contributed by atoms with Gasteiger partial charge in [-0.2, -0.15) is 0 Å². The number of carbonyl (C=O) groups is 1. The van der Waals surface area contributed by atoms with E-state index in [-0.39, 0.29) is 5.97 Å². The fourth-order valence-corrected chi connectivity index (χ4v) is 1.82. The Balaban J connectivity index is 1.71. The summed E-state index contributed by atoms with van der Waals surface area (Å²) in [5.41, 5.74) is 7.78. The molecule has 0 amide bonds. The van der Waals surface area contributed by atoms with Crippen molar-refractivity contribution in [2.45, 2.75) is 13.3 Å². The zero-order valence-electron chi connectivity index (χ0n) is 12.0. The Bertz CT molecular complexity index is 596. The van der Waals surface area contributed by atoms with Crippen LogP contribution in [0.25, 0.3) is 0 Å². The molecule has 2 N–H and O–H groups in total. The zero-order chi connectivity index (χ0) is 15.1. The lowest BCUT2D eigenvalue weighted by atomic mass is 10.1. The highest BCUT2D eigenvalue weighted by Gasteiger charge is 2.08. The van der Waals surface area contributed by atoms with Gasteiger partial charge >= 0.3 is 5.97 Å². The summed E-state index contributed by atoms with van der Waals surface area (Å²) in [7, 11) is 0. The van der Waals surface area contributed by atoms with Gasteiger partial charge in [-0.1, -0.05) is 18.2 Å². The van der Waals surface area contributed by atoms with Crippen molar-refractivity contribution in [3.05, 3.63) is 59.7 Å². The highest BCUT2D eigenvalue weighted by atomic mass is 16.5. The second-order valence-electron chi connectivity index (χ2n) is 4.72. The molecule has 0 saturated carbocycles. The Morgan fingerprint density at radius 3 is 2.57 bits per heavy atom. The molecule has 0 aromatic heterocycles. The molecule has 0 bridgehead atoms. The molecule has 110 valence electrons. The molecule has 0 heterocycles. The van der Waals surface area contributed by atoms with E-state index in [1.807, 2.05) is 37.3 Å². The lowest BCUT2D eigenvalue weighted by molar-refractivity contribution is 0.0486. The van der Waals surface area contributed by atoms with Crippen molar-refractivity contribution in [1.82, 2.24) is 0 Å². The van der Waals surface area contributed by atoms with Gasteiger partial charge in [0, 0.05) is 12.1 Å². The van der Waals surface area contributed by atoms with E-state index in [1.165, 1.54) is 0 Å². The van der Waals surface area contributed by atoms with E-state index in [9.17, 15) is 4.79 Å². The predicted molar refractivity (Wildman–Crippen MR) is 82.4 cm³/mol. The number of benzene rings is 2. The topological polar surface area (TPSA) is 61.5 Å². The number of anilines is 1. The third kappa shape index (κ3) is 4.53. The molecule has 4 heteroatoms. The Hall–Kier alpha value is -2.49. The second kappa shape index (κ2) is 7.33. The van der Waals surface area contributed by atoms with Crippen LogP contribution in [-0.2, 0) is 4.74 Å². The third-order valence-electron chi connectivity index (χ3n) is 3.04. The van der Waals surface area contributed by atoms with Crippen molar-refractivity contribution >= 4 is 11.7 Å². The van der Waals surface area contributed by atoms with E-state index in [1.54, 1.807) is 18.2 Å². The lowest BCUT2D eigenvalue weighted by Crippen LogP contribution is -2.09. The Labute approximate surface area is 124 Å². The first-order chi connectivity index (χ1) is 10.2. The fraction of sp³-hybridized carbons (Fsp3) is 0.235. The summed E-state index contributed by atoms with van der Waals surface area (Å²) in [6.07, 6.45) is 0.647. The van der Waals surface area contributed by atoms with Gasteiger partial charge in [0.25, 0.3) is 0 Å². The second-order valence-corrected chi connectivity index (χ2v) is 4.72. The number of ether oxygens (including phenoxy) is 2. The van der Waals surface area contributed by atoms with Crippen LogP contribution in [-0.4, -0.2) is 19.2 Å². The Morgan fingerprint density at radius 2 is 1.86 bits per heavy atom. The summed E-state index contributed by atoms with van der Waals surface area (Å²) in [6.45, 7) is 2.70. The molecule has 0 aliphatic heterocycles. The van der Waals surface area contributed by atoms with Crippen molar-refractivity contribution in [3.63, 3.8) is 0 Å². The molecule has 0 radical (unpaired) electrons. The smallest absolute Gasteiger partial charge is 0.338 e. The number of hydrogen-bond acceptors (Lipinski definition) is 4. The fourth-order valence-electron chi connectivity index (χ4n) is 1.82. The summed E-state index contributed by atoms with van der Waals surface area (Å²) in [5, 5.41) is 0. The van der Waals surface area contributed by atoms with Gasteiger partial charge in [-0.25, -0.2) is 4.79 Å². The molecule has 0 spiro atoms. The summed E-state index contributed by atoms with van der Waals surface area (Å²) in [5.74, 6) is 0.482. The van der Waals surface area contributed by atoms with Crippen LogP contribution < -0.4 is 10.5 Å². The molecule has 0 saturated heterocycles. The number of para-hydroxylation sites is 1. The van der Waals surface area contributed by atoms with Crippen LogP contribution in [0.15, 0.2) is 48.5 Å². The molecule has 0 unspecified atom stereocenters. The van der Waals surface area contributed by atoms with E-state index in [4.69, 9.17) is 15.2 Å². The molecule has 0 atom stereocenters. The monoisotopic (exact) mass is 285 g/mol. The normalized spacial score (nSPS) is 10.1. The maximum atomic E-state index is 11.8. The van der Waals surface area contributed by atoms with Gasteiger partial charge in [0.1, 0.15) is 5.75 Å². The van der Waals surface area contributed by atoms with Gasteiger partial charge in [0.15, 0.2) is 0 Å². The van der Waals surface area contributed by atoms with Crippen LogP contribution >= 0.6 is 0 Å². The third-order valence-corrected chi connectivity index (χ3v) is 3.04. The van der Waals surface area contributed by atoms with Gasteiger partial charge in [0.05, 0.1) is 18.8 Å². The zero-order valence-corrected chi connectivity index (χ0v) is 12.0. The van der Waals surface area contributed by atoms with Crippen molar-refractivity contribution in [3.8, 4) is 5.75 Å². The van der Waals surface area contributed by atoms with Gasteiger partial charge in [0.2, 0.25) is 0 Å². The van der Waals surface area contributed by atoms with Crippen molar-refractivity contribution in [1.29, 1.82) is 0 Å². The van der Waals surface area contributed by atoms with Crippen molar-refractivity contribution in [2.75, 3.05) is 18.9 Å². The minimum Gasteiger partial charge on any atom is -0.493 e. The SMILES string of the molecule is Cc1cc(C(=O)OCCCOc2ccccc2)ccc1N. The maximum absolute atomic E-state index is 11.8. The van der Waals surface area contributed by atoms with E-state index < -0.39 is 0 Å². The molecular weight excluding hydrogens is 266 g/mol. The Kier molecular flexibility index (Phi) is 5.21. The van der Waals surface area contributed by atoms with Crippen LogP contribution in [0.3, 0.4) is 0 Å². The van der Waals surface area contributed by atoms with Gasteiger partial charge in [-0.3, -0.25) is 0 Å². The molecule has 2 aromatic carbocycles. The summed E-state index contributed by atoms with van der Waals surface area (Å²) in [6, 6.07) is 14.7. The van der Waals surface area contributed by atoms with E-state index in [0.717, 1.165) is 11.3 Å². The standard InChI is InChI=1S/C17H19NO3/c1-13-12-14(8-9-16(13)18)17(19)21-11-5-10-20-15-6-3-2-4-7-15/h2-4,6-9,12H,5,10-11,18H2,1H3. The van der Waals surface area contributed by atoms with E-state index in [0.29, 0.717) is 30.9 Å². The highest BCUT2D eigenvalue weighted by molar-refractivity contribution is 5.90. The van der Waals surface area contributed by atoms with Gasteiger partial charge in [-0.15, -0.1) is 0 Å². The van der Waals surface area contributed by atoms with E-state index >= 15 is 0 Å². The van der Waals surface area contributed by atoms with Crippen LogP contribution in [0.2, 0.25) is 0 Å². The van der Waals surface area contributed by atoms with Crippen molar-refractivity contribution < 1.29 is 14.3 Å². The van der Waals surface area contributed by atoms with Gasteiger partial charge in [-0.05, 0) is 42.8 Å². The molecule has 21 heavy (non-hydrogen) atoms. The number of esters is 1. The molecule has 4 nitrogen and oxygen atoms in total. The lowest BCUT2D eigenvalue weighted by Gasteiger charge is -2.08. The molecule has 2 rings (SSSR count). The number of rotatable bonds is 6. The predicted octanol–water partition coefficient (Wildman–Crippen LogP) is 3.20. The van der Waals surface area contributed by atoms with Crippen LogP contribution in [0.1, 0.15) is 22.3 Å². The Morgan fingerprint density at radius 1 is 1.10 bits per heavy atom. The number of hydrogen-bond donors (Lipinski definition) is 1. The summed E-state index contributed by atoms with van der Waals surface area (Å²) >= 11 is 0. The quantitative estimate of drug-likeness (QED) is 0.503. The first-order valence-corrected chi connectivity index (χ1v) is 6.88. The molecule has 0 aliphatic carbocycles. The van der Waals surface area contributed by atoms with Crippen LogP contribution in [0.4, 0.5) is 5.69 Å². The van der Waals surface area contributed by atoms with E-state index in [2.05, 4.69) is 0 Å². The molecular formula is C17H19NO3. The average Bonchev–Trinajstić information content (AvgIpc) is 2.50. The minimum atomic E-state index is -0.335. The van der Waals surface area contributed by atoms with Crippen LogP contribution in [0, 0.1) is 6.92 Å². The summed E-state index contributed by atoms with van der Waals surface area (Å²) in [4.78, 5) is 11.8. The number of carbonyl (C=O) groups excluding carboxylic acids is 1. The van der Waals surface area contributed by atoms with Crippen LogP contribution in [0.5, 0.6) is 5.75 Å². The average molecular weight is 285 g/mol. The molecule has 2 aromatic rings. The summed E-state index contributed by atoms with van der Waals surface area (Å²) < 4.78 is 10.7. The number of nitrogen functional groups attached to an aromatic ring is 1. The largest absolute Gasteiger partial charge is 0.493 e.